The van der Waals surface area contributed by atoms with Crippen molar-refractivity contribution < 1.29 is 19.2 Å². The molecule has 1 rings (SSSR count). The summed E-state index contributed by atoms with van der Waals surface area (Å²) < 4.78 is 5.10. The number of nitro benzene ring substituents is 1. The maximum Gasteiger partial charge on any atom is 0.407 e. The first-order valence-corrected chi connectivity index (χ1v) is 8.16. The molecule has 0 spiro atoms. The lowest BCUT2D eigenvalue weighted by molar-refractivity contribution is -0.384. The summed E-state index contributed by atoms with van der Waals surface area (Å²) in [7, 11) is 0. The molecule has 0 aliphatic heterocycles. The lowest BCUT2D eigenvalue weighted by Gasteiger charge is -2.19. The molecular formula is C17H25N3O5. The summed E-state index contributed by atoms with van der Waals surface area (Å²) in [6.07, 6.45) is 0.562. The van der Waals surface area contributed by atoms with E-state index in [0.29, 0.717) is 37.1 Å². The molecule has 8 heteroatoms. The predicted molar refractivity (Wildman–Crippen MR) is 93.7 cm³/mol. The van der Waals surface area contributed by atoms with Crippen molar-refractivity contribution in [2.45, 2.75) is 46.1 Å². The van der Waals surface area contributed by atoms with Crippen molar-refractivity contribution in [1.29, 1.82) is 0 Å². The molecule has 2 amide bonds. The molecule has 0 radical (unpaired) electrons. The first-order valence-electron chi connectivity index (χ1n) is 8.16. The normalized spacial score (nSPS) is 10.9. The Bertz CT molecular complexity index is 638. The molecule has 0 unspecified atom stereocenters. The van der Waals surface area contributed by atoms with Gasteiger partial charge in [0.25, 0.3) is 11.6 Å². The van der Waals surface area contributed by atoms with Gasteiger partial charge in [-0.2, -0.15) is 0 Å². The van der Waals surface area contributed by atoms with Crippen LogP contribution in [-0.2, 0) is 11.2 Å². The van der Waals surface area contributed by atoms with E-state index in [9.17, 15) is 19.7 Å². The number of carbonyl (C=O) groups is 2. The fourth-order valence-electron chi connectivity index (χ4n) is 2.10. The third-order valence-electron chi connectivity index (χ3n) is 3.23. The van der Waals surface area contributed by atoms with E-state index in [1.54, 1.807) is 20.8 Å². The Morgan fingerprint density at radius 1 is 1.20 bits per heavy atom. The average molecular weight is 351 g/mol. The Morgan fingerprint density at radius 3 is 2.40 bits per heavy atom. The van der Waals surface area contributed by atoms with Gasteiger partial charge in [0.15, 0.2) is 0 Å². The van der Waals surface area contributed by atoms with E-state index in [2.05, 4.69) is 10.6 Å². The van der Waals surface area contributed by atoms with E-state index in [1.165, 1.54) is 18.2 Å². The van der Waals surface area contributed by atoms with Gasteiger partial charge < -0.3 is 15.4 Å². The second kappa shape index (κ2) is 9.00. The third-order valence-corrected chi connectivity index (χ3v) is 3.23. The summed E-state index contributed by atoms with van der Waals surface area (Å²) in [4.78, 5) is 34.0. The maximum atomic E-state index is 12.2. The van der Waals surface area contributed by atoms with Gasteiger partial charge in [-0.3, -0.25) is 14.9 Å². The fraction of sp³-hybridized carbons (Fsp3) is 0.529. The lowest BCUT2D eigenvalue weighted by atomic mass is 10.0. The van der Waals surface area contributed by atoms with Crippen LogP contribution < -0.4 is 10.6 Å². The Hall–Kier alpha value is -2.64. The van der Waals surface area contributed by atoms with E-state index < -0.39 is 16.6 Å². The van der Waals surface area contributed by atoms with E-state index in [0.717, 1.165) is 0 Å². The molecule has 0 saturated heterocycles. The van der Waals surface area contributed by atoms with Crippen LogP contribution in [0.15, 0.2) is 18.2 Å². The Morgan fingerprint density at radius 2 is 1.84 bits per heavy atom. The van der Waals surface area contributed by atoms with Gasteiger partial charge in [0.1, 0.15) is 5.60 Å². The second-order valence-corrected chi connectivity index (χ2v) is 6.49. The van der Waals surface area contributed by atoms with Crippen LogP contribution in [0.4, 0.5) is 10.5 Å². The summed E-state index contributed by atoms with van der Waals surface area (Å²) in [6, 6.07) is 4.20. The fourth-order valence-corrected chi connectivity index (χ4v) is 2.10. The summed E-state index contributed by atoms with van der Waals surface area (Å²) in [5.41, 5.74) is 0.465. The lowest BCUT2D eigenvalue weighted by Crippen LogP contribution is -2.34. The molecule has 0 bridgehead atoms. The van der Waals surface area contributed by atoms with Gasteiger partial charge in [-0.25, -0.2) is 4.79 Å². The van der Waals surface area contributed by atoms with Crippen molar-refractivity contribution in [2.75, 3.05) is 13.1 Å². The van der Waals surface area contributed by atoms with Crippen LogP contribution in [0.1, 0.15) is 50.0 Å². The molecule has 25 heavy (non-hydrogen) atoms. The monoisotopic (exact) mass is 351 g/mol. The zero-order valence-electron chi connectivity index (χ0n) is 15.0. The second-order valence-electron chi connectivity index (χ2n) is 6.49. The minimum atomic E-state index is -0.551. The highest BCUT2D eigenvalue weighted by molar-refractivity contribution is 5.96. The minimum Gasteiger partial charge on any atom is -0.444 e. The molecule has 0 aliphatic rings. The Labute approximate surface area is 147 Å². The van der Waals surface area contributed by atoms with Crippen molar-refractivity contribution in [2.24, 2.45) is 0 Å². The maximum absolute atomic E-state index is 12.2. The number of amides is 2. The average Bonchev–Trinajstić information content (AvgIpc) is 2.51. The quantitative estimate of drug-likeness (QED) is 0.446. The number of hydrogen-bond acceptors (Lipinski definition) is 5. The van der Waals surface area contributed by atoms with Crippen molar-refractivity contribution >= 4 is 17.7 Å². The zero-order valence-corrected chi connectivity index (χ0v) is 15.0. The third kappa shape index (κ3) is 7.19. The number of carbonyl (C=O) groups excluding carboxylic acids is 2. The standard InChI is InChI=1S/C17H25N3O5/c1-5-12-11-13(20(23)24)7-8-14(12)15(21)18-9-6-10-19-16(22)25-17(2,3)4/h7-8,11H,5-6,9-10H2,1-4H3,(H,18,21)(H,19,22). The van der Waals surface area contributed by atoms with Gasteiger partial charge in [0.2, 0.25) is 0 Å². The van der Waals surface area contributed by atoms with Crippen molar-refractivity contribution in [3.05, 3.63) is 39.4 Å². The van der Waals surface area contributed by atoms with E-state index in [4.69, 9.17) is 4.74 Å². The number of non-ortho nitro benzene ring substituents is 1. The molecule has 8 nitrogen and oxygen atoms in total. The number of benzene rings is 1. The molecule has 0 fully saturated rings. The number of aryl methyl sites for hydroxylation is 1. The molecule has 0 atom stereocenters. The number of rotatable bonds is 7. The summed E-state index contributed by atoms with van der Waals surface area (Å²) in [6.45, 7) is 7.92. The summed E-state index contributed by atoms with van der Waals surface area (Å²) >= 11 is 0. The van der Waals surface area contributed by atoms with Gasteiger partial charge in [-0.1, -0.05) is 6.92 Å². The van der Waals surface area contributed by atoms with Gasteiger partial charge in [0, 0.05) is 30.8 Å². The Kier molecular flexibility index (Phi) is 7.35. The molecular weight excluding hydrogens is 326 g/mol. The number of ether oxygens (including phenoxy) is 1. The van der Waals surface area contributed by atoms with Crippen LogP contribution in [0.5, 0.6) is 0 Å². The van der Waals surface area contributed by atoms with Crippen molar-refractivity contribution in [3.8, 4) is 0 Å². The van der Waals surface area contributed by atoms with Crippen LogP contribution in [0.25, 0.3) is 0 Å². The number of alkyl carbamates (subject to hydrolysis) is 1. The SMILES string of the molecule is CCc1cc([N+](=O)[O-])ccc1C(=O)NCCCNC(=O)OC(C)(C)C. The van der Waals surface area contributed by atoms with Crippen LogP contribution in [-0.4, -0.2) is 35.6 Å². The smallest absolute Gasteiger partial charge is 0.407 e. The van der Waals surface area contributed by atoms with Crippen LogP contribution >= 0.6 is 0 Å². The number of nitrogens with one attached hydrogen (secondary N) is 2. The van der Waals surface area contributed by atoms with Gasteiger partial charge >= 0.3 is 6.09 Å². The number of nitro groups is 1. The molecule has 0 saturated carbocycles. The Balaban J connectivity index is 2.45. The van der Waals surface area contributed by atoms with Crippen molar-refractivity contribution in [3.63, 3.8) is 0 Å². The number of nitrogens with zero attached hydrogens (tertiary/aromatic N) is 1. The highest BCUT2D eigenvalue weighted by Crippen LogP contribution is 2.18. The van der Waals surface area contributed by atoms with Crippen molar-refractivity contribution in [1.82, 2.24) is 10.6 Å². The first kappa shape index (κ1) is 20.4. The summed E-state index contributed by atoms with van der Waals surface area (Å²) in [5, 5.41) is 16.1. The zero-order chi connectivity index (χ0) is 19.0. The van der Waals surface area contributed by atoms with Crippen LogP contribution in [0.3, 0.4) is 0 Å². The van der Waals surface area contributed by atoms with E-state index in [-0.39, 0.29) is 11.6 Å². The predicted octanol–water partition coefficient (Wildman–Crippen LogP) is 2.80. The van der Waals surface area contributed by atoms with E-state index >= 15 is 0 Å². The highest BCUT2D eigenvalue weighted by Gasteiger charge is 2.16. The van der Waals surface area contributed by atoms with Gasteiger partial charge in [-0.05, 0) is 45.2 Å². The first-order chi connectivity index (χ1) is 11.6. The largest absolute Gasteiger partial charge is 0.444 e. The molecule has 1 aromatic rings. The molecule has 2 N–H and O–H groups in total. The number of hydrogen-bond donors (Lipinski definition) is 2. The molecule has 0 aromatic heterocycles. The topological polar surface area (TPSA) is 111 Å². The van der Waals surface area contributed by atoms with Gasteiger partial charge in [-0.15, -0.1) is 0 Å². The molecule has 0 aliphatic carbocycles. The highest BCUT2D eigenvalue weighted by atomic mass is 16.6. The summed E-state index contributed by atoms with van der Waals surface area (Å²) in [5.74, 6) is -0.288. The molecule has 1 aromatic carbocycles. The molecule has 138 valence electrons. The van der Waals surface area contributed by atoms with E-state index in [1.807, 2.05) is 6.92 Å². The minimum absolute atomic E-state index is 0.0324. The van der Waals surface area contributed by atoms with Crippen LogP contribution in [0, 0.1) is 10.1 Å². The van der Waals surface area contributed by atoms with Gasteiger partial charge in [0.05, 0.1) is 4.92 Å². The van der Waals surface area contributed by atoms with Crippen LogP contribution in [0.2, 0.25) is 0 Å². The molecule has 0 heterocycles.